The van der Waals surface area contributed by atoms with Crippen molar-refractivity contribution in [3.63, 3.8) is 0 Å². The number of carbonyl (C=O) groups is 1. The maximum Gasteiger partial charge on any atom is 0.326 e. The fourth-order valence-electron chi connectivity index (χ4n) is 4.59. The maximum atomic E-state index is 12.3. The number of thioether (sulfide) groups is 1. The van der Waals surface area contributed by atoms with Crippen LogP contribution in [0.3, 0.4) is 0 Å². The Morgan fingerprint density at radius 3 is 1.74 bits per heavy atom. The topological polar surface area (TPSA) is 62.2 Å². The molecule has 0 aliphatic carbocycles. The van der Waals surface area contributed by atoms with E-state index in [1.54, 1.807) is 11.8 Å². The van der Waals surface area contributed by atoms with E-state index in [1.165, 1.54) is 11.3 Å². The third-order valence-electron chi connectivity index (χ3n) is 6.44. The molecule has 190 valence electrons. The normalized spacial score (nSPS) is 12.1. The van der Waals surface area contributed by atoms with E-state index in [9.17, 15) is 9.90 Å². The maximum absolute atomic E-state index is 12.3. The summed E-state index contributed by atoms with van der Waals surface area (Å²) in [4.78, 5) is 16.9. The van der Waals surface area contributed by atoms with Crippen LogP contribution >= 0.6 is 23.1 Å². The zero-order chi connectivity index (χ0) is 26.2. The van der Waals surface area contributed by atoms with E-state index in [-0.39, 0.29) is 0 Å². The fraction of sp³-hybridized carbons (Fsp3) is 0.125. The first-order chi connectivity index (χ1) is 18.7. The third kappa shape index (κ3) is 5.67. The van der Waals surface area contributed by atoms with Gasteiger partial charge in [0.2, 0.25) is 0 Å². The summed E-state index contributed by atoms with van der Waals surface area (Å²) in [6.07, 6.45) is 0.439. The summed E-state index contributed by atoms with van der Waals surface area (Å²) < 4.78 is -0.478. The molecule has 1 atom stereocenters. The summed E-state index contributed by atoms with van der Waals surface area (Å²) in [5.74, 6) is -0.258. The van der Waals surface area contributed by atoms with E-state index in [1.807, 2.05) is 53.9 Å². The number of nitrogens with zero attached hydrogens (tertiary/aromatic N) is 1. The van der Waals surface area contributed by atoms with Crippen LogP contribution in [0.25, 0.3) is 11.3 Å². The van der Waals surface area contributed by atoms with Crippen molar-refractivity contribution in [1.82, 2.24) is 4.98 Å². The van der Waals surface area contributed by atoms with Gasteiger partial charge in [-0.3, -0.25) is 0 Å². The first kappa shape index (κ1) is 25.8. The second kappa shape index (κ2) is 12.1. The Hall–Kier alpha value is -3.87. The highest BCUT2D eigenvalue weighted by Crippen LogP contribution is 2.48. The molecule has 0 saturated heterocycles. The Labute approximate surface area is 231 Å². The highest BCUT2D eigenvalue weighted by Gasteiger charge is 2.37. The summed E-state index contributed by atoms with van der Waals surface area (Å²) in [6.45, 7) is 0. The van der Waals surface area contributed by atoms with Crippen molar-refractivity contribution in [2.24, 2.45) is 0 Å². The predicted molar refractivity (Wildman–Crippen MR) is 159 cm³/mol. The zero-order valence-corrected chi connectivity index (χ0v) is 22.4. The van der Waals surface area contributed by atoms with Crippen molar-refractivity contribution >= 4 is 34.2 Å². The predicted octanol–water partition coefficient (Wildman–Crippen LogP) is 7.79. The highest BCUT2D eigenvalue weighted by molar-refractivity contribution is 8.00. The molecule has 2 N–H and O–H groups in total. The molecule has 0 spiro atoms. The Bertz CT molecular complexity index is 1350. The van der Waals surface area contributed by atoms with Crippen molar-refractivity contribution in [2.45, 2.75) is 17.2 Å². The number of nitrogens with one attached hydrogen (secondary N) is 1. The third-order valence-corrected chi connectivity index (χ3v) is 8.79. The first-order valence-electron chi connectivity index (χ1n) is 12.5. The Balaban J connectivity index is 1.40. The van der Waals surface area contributed by atoms with Crippen LogP contribution < -0.4 is 5.32 Å². The molecule has 4 nitrogen and oxygen atoms in total. The van der Waals surface area contributed by atoms with Crippen LogP contribution in [0, 0.1) is 0 Å². The van der Waals surface area contributed by atoms with Gasteiger partial charge in [-0.2, -0.15) is 0 Å². The molecule has 0 aliphatic heterocycles. The summed E-state index contributed by atoms with van der Waals surface area (Å²) in [6, 6.07) is 40.5. The number of anilines is 1. The second-order valence-corrected chi connectivity index (χ2v) is 11.0. The van der Waals surface area contributed by atoms with Crippen molar-refractivity contribution in [3.8, 4) is 11.3 Å². The molecule has 0 fully saturated rings. The van der Waals surface area contributed by atoms with Gasteiger partial charge in [-0.15, -0.1) is 23.1 Å². The number of carboxylic acid groups (broad SMARTS) is 1. The van der Waals surface area contributed by atoms with Gasteiger partial charge in [0.1, 0.15) is 6.04 Å². The van der Waals surface area contributed by atoms with Crippen LogP contribution in [-0.2, 0) is 9.54 Å². The molecule has 0 aliphatic rings. The van der Waals surface area contributed by atoms with E-state index < -0.39 is 16.8 Å². The average Bonchev–Trinajstić information content (AvgIpc) is 3.45. The number of aliphatic carboxylic acids is 1. The molecule has 6 heteroatoms. The number of thiazole rings is 1. The largest absolute Gasteiger partial charge is 0.480 e. The SMILES string of the molecule is O=C(O)[C@H](CCSC(c1ccccc1)(c1ccccc1)c1ccccc1)Nc1nc(-c2ccccc2)cs1. The summed E-state index contributed by atoms with van der Waals surface area (Å²) in [5, 5.41) is 15.8. The molecule has 5 rings (SSSR count). The van der Waals surface area contributed by atoms with E-state index in [4.69, 9.17) is 0 Å². The number of rotatable bonds is 11. The molecule has 1 heterocycles. The average molecular weight is 537 g/mol. The van der Waals surface area contributed by atoms with Gasteiger partial charge in [-0.1, -0.05) is 121 Å². The monoisotopic (exact) mass is 536 g/mol. The molecular weight excluding hydrogens is 508 g/mol. The lowest BCUT2D eigenvalue weighted by Crippen LogP contribution is -2.31. The number of hydrogen-bond acceptors (Lipinski definition) is 5. The minimum atomic E-state index is -0.883. The molecule has 5 aromatic rings. The van der Waals surface area contributed by atoms with Gasteiger partial charge in [-0.25, -0.2) is 9.78 Å². The van der Waals surface area contributed by atoms with E-state index >= 15 is 0 Å². The van der Waals surface area contributed by atoms with Crippen LogP contribution in [0.1, 0.15) is 23.1 Å². The van der Waals surface area contributed by atoms with E-state index in [2.05, 4.69) is 83.1 Å². The van der Waals surface area contributed by atoms with Crippen molar-refractivity contribution in [2.75, 3.05) is 11.1 Å². The Morgan fingerprint density at radius 1 is 0.789 bits per heavy atom. The smallest absolute Gasteiger partial charge is 0.326 e. The van der Waals surface area contributed by atoms with Gasteiger partial charge in [0.15, 0.2) is 5.13 Å². The molecule has 38 heavy (non-hydrogen) atoms. The number of aromatic nitrogens is 1. The summed E-state index contributed by atoms with van der Waals surface area (Å²) >= 11 is 3.19. The fourth-order valence-corrected chi connectivity index (χ4v) is 6.93. The van der Waals surface area contributed by atoms with Gasteiger partial charge in [0.05, 0.1) is 10.4 Å². The van der Waals surface area contributed by atoms with Gasteiger partial charge < -0.3 is 10.4 Å². The van der Waals surface area contributed by atoms with Crippen LogP contribution in [-0.4, -0.2) is 27.9 Å². The Morgan fingerprint density at radius 2 is 1.26 bits per heavy atom. The van der Waals surface area contributed by atoms with Crippen LogP contribution in [0.2, 0.25) is 0 Å². The minimum absolute atomic E-state index is 0.439. The minimum Gasteiger partial charge on any atom is -0.480 e. The lowest BCUT2D eigenvalue weighted by molar-refractivity contribution is -0.137. The zero-order valence-electron chi connectivity index (χ0n) is 20.7. The molecule has 0 bridgehead atoms. The van der Waals surface area contributed by atoms with Crippen molar-refractivity contribution in [1.29, 1.82) is 0 Å². The standard InChI is InChI=1S/C32H28N2O2S2/c35-30(36)28(33-31-34-29(23-37-31)24-13-5-1-6-14-24)21-22-38-32(25-15-7-2-8-16-25,26-17-9-3-10-18-26)27-19-11-4-12-20-27/h1-20,23,28H,21-22H2,(H,33,34)(H,35,36)/t28-/m0/s1. The molecule has 0 unspecified atom stereocenters. The van der Waals surface area contributed by atoms with Crippen molar-refractivity contribution in [3.05, 3.63) is 143 Å². The van der Waals surface area contributed by atoms with Crippen molar-refractivity contribution < 1.29 is 9.90 Å². The molecule has 0 saturated carbocycles. The molecule has 0 radical (unpaired) electrons. The number of hydrogen-bond donors (Lipinski definition) is 2. The second-order valence-electron chi connectivity index (χ2n) is 8.86. The Kier molecular flexibility index (Phi) is 8.22. The molecule has 4 aromatic carbocycles. The molecule has 1 aromatic heterocycles. The summed E-state index contributed by atoms with van der Waals surface area (Å²) in [7, 11) is 0. The van der Waals surface area contributed by atoms with Gasteiger partial charge in [0.25, 0.3) is 0 Å². The van der Waals surface area contributed by atoms with Gasteiger partial charge in [-0.05, 0) is 28.9 Å². The quantitative estimate of drug-likeness (QED) is 0.169. The van der Waals surface area contributed by atoms with E-state index in [0.717, 1.165) is 27.9 Å². The highest BCUT2D eigenvalue weighted by atomic mass is 32.2. The van der Waals surface area contributed by atoms with Gasteiger partial charge >= 0.3 is 5.97 Å². The molecule has 0 amide bonds. The van der Waals surface area contributed by atoms with Gasteiger partial charge in [0, 0.05) is 10.9 Å². The molecular formula is C32H28N2O2S2. The van der Waals surface area contributed by atoms with Crippen LogP contribution in [0.4, 0.5) is 5.13 Å². The van der Waals surface area contributed by atoms with Crippen LogP contribution in [0.15, 0.2) is 127 Å². The lowest BCUT2D eigenvalue weighted by Gasteiger charge is -2.35. The number of benzene rings is 4. The summed E-state index contributed by atoms with van der Waals surface area (Å²) in [5.41, 5.74) is 5.34. The van der Waals surface area contributed by atoms with E-state index in [0.29, 0.717) is 17.3 Å². The first-order valence-corrected chi connectivity index (χ1v) is 14.3. The van der Waals surface area contributed by atoms with Crippen LogP contribution in [0.5, 0.6) is 0 Å². The number of carboxylic acids is 1. The lowest BCUT2D eigenvalue weighted by atomic mass is 9.84.